The number of aliphatic hydroxyl groups excluding tert-OH is 1. The molecule has 1 atom stereocenters. The Kier molecular flexibility index (Phi) is 6.55. The van der Waals surface area contributed by atoms with Gasteiger partial charge in [0.1, 0.15) is 11.0 Å². The Morgan fingerprint density at radius 2 is 2.05 bits per heavy atom. The van der Waals surface area contributed by atoms with Crippen LogP contribution in [0, 0.1) is 5.92 Å². The number of halogens is 4. The molecule has 0 aliphatic carbocycles. The molecule has 1 aromatic heterocycles. The van der Waals surface area contributed by atoms with Crippen molar-refractivity contribution in [2.24, 2.45) is 5.92 Å². The van der Waals surface area contributed by atoms with Crippen molar-refractivity contribution in [2.45, 2.75) is 32.4 Å². The number of hydrogen-bond donors (Lipinski definition) is 2. The smallest absolute Gasteiger partial charge is 0.396 e. The zero-order chi connectivity index (χ0) is 15.2. The molecule has 1 rings (SSSR count). The van der Waals surface area contributed by atoms with Crippen LogP contribution in [0.4, 0.5) is 19.0 Å². The Bertz CT molecular complexity index is 421. The maximum Gasteiger partial charge on any atom is 0.416 e. The number of alkyl halides is 3. The summed E-state index contributed by atoms with van der Waals surface area (Å²) in [5.41, 5.74) is -0.825. The van der Waals surface area contributed by atoms with E-state index in [9.17, 15) is 13.2 Å². The lowest BCUT2D eigenvalue weighted by Crippen LogP contribution is -2.17. The van der Waals surface area contributed by atoms with E-state index in [2.05, 4.69) is 10.3 Å². The van der Waals surface area contributed by atoms with Crippen LogP contribution in [0.3, 0.4) is 0 Å². The van der Waals surface area contributed by atoms with Crippen LogP contribution in [0.25, 0.3) is 0 Å². The van der Waals surface area contributed by atoms with E-state index < -0.39 is 11.7 Å². The molecule has 1 unspecified atom stereocenters. The third kappa shape index (κ3) is 5.54. The molecule has 0 aromatic carbocycles. The fourth-order valence-corrected chi connectivity index (χ4v) is 2.15. The molecule has 0 aliphatic rings. The van der Waals surface area contributed by atoms with Gasteiger partial charge in [-0.15, -0.1) is 0 Å². The van der Waals surface area contributed by atoms with Crippen molar-refractivity contribution in [3.8, 4) is 0 Å². The third-order valence-electron chi connectivity index (χ3n) is 2.93. The Morgan fingerprint density at radius 1 is 1.35 bits per heavy atom. The van der Waals surface area contributed by atoms with Gasteiger partial charge in [-0.05, 0) is 30.9 Å². The van der Waals surface area contributed by atoms with E-state index in [1.807, 2.05) is 6.92 Å². The Hall–Kier alpha value is -1.01. The van der Waals surface area contributed by atoms with Crippen molar-refractivity contribution in [2.75, 3.05) is 18.5 Å². The van der Waals surface area contributed by atoms with Gasteiger partial charge in [-0.25, -0.2) is 4.98 Å². The van der Waals surface area contributed by atoms with Gasteiger partial charge in [0.05, 0.1) is 5.56 Å². The van der Waals surface area contributed by atoms with Crippen molar-refractivity contribution in [3.05, 3.63) is 22.8 Å². The molecule has 0 fully saturated rings. The number of nitrogens with one attached hydrogen (secondary N) is 1. The monoisotopic (exact) mass is 310 g/mol. The predicted octanol–water partition coefficient (Wildman–Crippen LogP) is 3.96. The molecule has 20 heavy (non-hydrogen) atoms. The van der Waals surface area contributed by atoms with Crippen molar-refractivity contribution < 1.29 is 18.3 Å². The van der Waals surface area contributed by atoms with Gasteiger partial charge >= 0.3 is 6.18 Å². The first kappa shape index (κ1) is 17.0. The van der Waals surface area contributed by atoms with Crippen molar-refractivity contribution in [1.29, 1.82) is 0 Å². The average Bonchev–Trinajstić information content (AvgIpc) is 2.35. The van der Waals surface area contributed by atoms with Crippen molar-refractivity contribution in [1.82, 2.24) is 4.98 Å². The van der Waals surface area contributed by atoms with Crippen LogP contribution in [0.15, 0.2) is 12.1 Å². The van der Waals surface area contributed by atoms with Gasteiger partial charge in [-0.2, -0.15) is 13.2 Å². The molecule has 114 valence electrons. The second kappa shape index (κ2) is 7.69. The minimum Gasteiger partial charge on any atom is -0.396 e. The van der Waals surface area contributed by atoms with Crippen molar-refractivity contribution in [3.63, 3.8) is 0 Å². The van der Waals surface area contributed by atoms with E-state index in [1.54, 1.807) is 0 Å². The van der Waals surface area contributed by atoms with Crippen molar-refractivity contribution >= 4 is 17.4 Å². The lowest BCUT2D eigenvalue weighted by molar-refractivity contribution is -0.137. The number of hydrogen-bond acceptors (Lipinski definition) is 3. The quantitative estimate of drug-likeness (QED) is 0.749. The molecule has 0 radical (unpaired) electrons. The largest absolute Gasteiger partial charge is 0.416 e. The van der Waals surface area contributed by atoms with Gasteiger partial charge < -0.3 is 10.4 Å². The molecule has 0 saturated carbocycles. The fraction of sp³-hybridized carbons (Fsp3) is 0.615. The van der Waals surface area contributed by atoms with Crippen LogP contribution in [0.5, 0.6) is 0 Å². The van der Waals surface area contributed by atoms with Crippen LogP contribution >= 0.6 is 11.6 Å². The van der Waals surface area contributed by atoms with E-state index in [-0.39, 0.29) is 23.5 Å². The van der Waals surface area contributed by atoms with E-state index in [4.69, 9.17) is 16.7 Å². The summed E-state index contributed by atoms with van der Waals surface area (Å²) in [6.45, 7) is 2.53. The van der Waals surface area contributed by atoms with E-state index in [0.717, 1.165) is 25.0 Å². The third-order valence-corrected chi connectivity index (χ3v) is 3.12. The summed E-state index contributed by atoms with van der Waals surface area (Å²) in [6.07, 6.45) is -2.01. The van der Waals surface area contributed by atoms with Crippen LogP contribution in [-0.4, -0.2) is 23.2 Å². The van der Waals surface area contributed by atoms with Gasteiger partial charge in [0, 0.05) is 13.2 Å². The highest BCUT2D eigenvalue weighted by molar-refractivity contribution is 6.29. The predicted molar refractivity (Wildman–Crippen MR) is 72.8 cm³/mol. The number of pyridine rings is 1. The average molecular weight is 311 g/mol. The summed E-state index contributed by atoms with van der Waals surface area (Å²) >= 11 is 5.60. The molecular weight excluding hydrogens is 293 g/mol. The first-order valence-corrected chi connectivity index (χ1v) is 6.84. The Labute approximate surface area is 121 Å². The highest BCUT2D eigenvalue weighted by Crippen LogP contribution is 2.32. The molecule has 2 N–H and O–H groups in total. The molecule has 0 saturated heterocycles. The Balaban J connectivity index is 2.74. The van der Waals surface area contributed by atoms with E-state index in [1.165, 1.54) is 0 Å². The molecule has 0 amide bonds. The maximum atomic E-state index is 12.6. The first-order valence-electron chi connectivity index (χ1n) is 6.46. The van der Waals surface area contributed by atoms with Gasteiger partial charge in [0.25, 0.3) is 0 Å². The first-order chi connectivity index (χ1) is 9.36. The highest BCUT2D eigenvalue weighted by atomic mass is 35.5. The number of rotatable bonds is 7. The summed E-state index contributed by atoms with van der Waals surface area (Å²) in [5, 5.41) is 11.6. The molecule has 1 heterocycles. The zero-order valence-electron chi connectivity index (χ0n) is 11.2. The normalized spacial score (nSPS) is 13.3. The molecule has 0 spiro atoms. The number of anilines is 1. The maximum absolute atomic E-state index is 12.6. The Morgan fingerprint density at radius 3 is 2.60 bits per heavy atom. The fourth-order valence-electron chi connectivity index (χ4n) is 1.94. The molecule has 0 aliphatic heterocycles. The topological polar surface area (TPSA) is 45.1 Å². The van der Waals surface area contributed by atoms with Crippen LogP contribution in [-0.2, 0) is 6.18 Å². The summed E-state index contributed by atoms with van der Waals surface area (Å²) in [7, 11) is 0. The lowest BCUT2D eigenvalue weighted by atomic mass is 10.0. The van der Waals surface area contributed by atoms with Gasteiger partial charge in [-0.3, -0.25) is 0 Å². The summed E-state index contributed by atoms with van der Waals surface area (Å²) in [4.78, 5) is 3.83. The molecule has 0 bridgehead atoms. The van der Waals surface area contributed by atoms with E-state index in [0.29, 0.717) is 13.0 Å². The minimum atomic E-state index is -4.45. The van der Waals surface area contributed by atoms with Gasteiger partial charge in [0.15, 0.2) is 0 Å². The van der Waals surface area contributed by atoms with Crippen LogP contribution in [0.2, 0.25) is 5.15 Å². The van der Waals surface area contributed by atoms with Gasteiger partial charge in [0.2, 0.25) is 0 Å². The van der Waals surface area contributed by atoms with Crippen LogP contribution < -0.4 is 5.32 Å². The summed E-state index contributed by atoms with van der Waals surface area (Å²) < 4.78 is 37.9. The second-order valence-electron chi connectivity index (χ2n) is 4.61. The summed E-state index contributed by atoms with van der Waals surface area (Å²) in [6, 6.07) is 1.73. The highest BCUT2D eigenvalue weighted by Gasteiger charge is 2.31. The number of nitrogens with zero attached hydrogens (tertiary/aromatic N) is 1. The van der Waals surface area contributed by atoms with Gasteiger partial charge in [-0.1, -0.05) is 24.9 Å². The zero-order valence-corrected chi connectivity index (χ0v) is 11.9. The summed E-state index contributed by atoms with van der Waals surface area (Å²) in [5.74, 6) is 0.295. The standard InChI is InChI=1S/C13H18ClF3N2O/c1-2-3-9(4-5-20)8-18-12-7-10(13(15,16)17)6-11(14)19-12/h6-7,9,20H,2-5,8H2,1H3,(H,18,19). The number of aliphatic hydroxyl groups is 1. The van der Waals surface area contributed by atoms with E-state index >= 15 is 0 Å². The molecule has 7 heteroatoms. The molecule has 1 aromatic rings. The second-order valence-corrected chi connectivity index (χ2v) is 5.00. The molecule has 3 nitrogen and oxygen atoms in total. The van der Waals surface area contributed by atoms with Crippen LogP contribution in [0.1, 0.15) is 31.7 Å². The minimum absolute atomic E-state index is 0.0587. The lowest BCUT2D eigenvalue weighted by Gasteiger charge is -2.17. The molecular formula is C13H18ClF3N2O. The SMILES string of the molecule is CCCC(CCO)CNc1cc(C(F)(F)F)cc(Cl)n1. The number of aromatic nitrogens is 1.